The number of carbonyl (C=O) groups excluding carboxylic acids is 1. The number of hydrogen-bond donors (Lipinski definition) is 1. The number of rotatable bonds is 10. The highest BCUT2D eigenvalue weighted by molar-refractivity contribution is 5.91. The van der Waals surface area contributed by atoms with Crippen LogP contribution in [0.3, 0.4) is 0 Å². The summed E-state index contributed by atoms with van der Waals surface area (Å²) >= 11 is 0. The number of amides is 1. The zero-order chi connectivity index (χ0) is 19.5. The lowest BCUT2D eigenvalue weighted by Gasteiger charge is -2.11. The second kappa shape index (κ2) is 10.9. The van der Waals surface area contributed by atoms with Crippen LogP contribution >= 0.6 is 0 Å². The van der Waals surface area contributed by atoms with Crippen LogP contribution in [0.1, 0.15) is 31.4 Å². The second-order valence-corrected chi connectivity index (χ2v) is 5.91. The van der Waals surface area contributed by atoms with E-state index in [9.17, 15) is 4.79 Å². The van der Waals surface area contributed by atoms with Gasteiger partial charge in [0.1, 0.15) is 0 Å². The molecule has 0 aliphatic rings. The third kappa shape index (κ3) is 7.01. The lowest BCUT2D eigenvalue weighted by atomic mass is 10.2. The van der Waals surface area contributed by atoms with Crippen LogP contribution in [-0.4, -0.2) is 31.9 Å². The van der Waals surface area contributed by atoms with Gasteiger partial charge in [0.2, 0.25) is 0 Å². The summed E-state index contributed by atoms with van der Waals surface area (Å²) in [5.74, 6) is 1.09. The molecule has 0 unspecified atom stereocenters. The molecule has 2 rings (SSSR count). The van der Waals surface area contributed by atoms with Gasteiger partial charge in [-0.3, -0.25) is 4.79 Å². The van der Waals surface area contributed by atoms with Crippen LogP contribution in [0.5, 0.6) is 11.5 Å². The summed E-state index contributed by atoms with van der Waals surface area (Å²) in [6.45, 7) is 6.96. The predicted octanol–water partition coefficient (Wildman–Crippen LogP) is 4.17. The molecule has 0 saturated carbocycles. The molecule has 2 aromatic carbocycles. The quantitative estimate of drug-likeness (QED) is 0.503. The average Bonchev–Trinajstić information content (AvgIpc) is 2.66. The summed E-state index contributed by atoms with van der Waals surface area (Å²) in [4.78, 5) is 16.9. The number of oxime groups is 1. The molecular weight excluding hydrogens is 344 g/mol. The van der Waals surface area contributed by atoms with Crippen molar-refractivity contribution in [2.24, 2.45) is 5.16 Å². The first-order valence-electron chi connectivity index (χ1n) is 9.04. The molecule has 0 spiro atoms. The summed E-state index contributed by atoms with van der Waals surface area (Å²) < 4.78 is 11.3. The minimum atomic E-state index is -0.269. The smallest absolute Gasteiger partial charge is 0.265 e. The summed E-state index contributed by atoms with van der Waals surface area (Å²) in [6, 6.07) is 13.1. The Balaban J connectivity index is 1.86. The summed E-state index contributed by atoms with van der Waals surface area (Å²) in [5.41, 5.74) is 2.65. The normalized spacial score (nSPS) is 10.6. The molecule has 0 radical (unpaired) electrons. The van der Waals surface area contributed by atoms with Gasteiger partial charge in [0.25, 0.3) is 5.91 Å². The Morgan fingerprint density at radius 2 is 1.85 bits per heavy atom. The highest BCUT2D eigenvalue weighted by atomic mass is 16.6. The highest BCUT2D eigenvalue weighted by Gasteiger charge is 2.06. The van der Waals surface area contributed by atoms with E-state index in [-0.39, 0.29) is 12.5 Å². The zero-order valence-corrected chi connectivity index (χ0v) is 16.0. The van der Waals surface area contributed by atoms with E-state index in [4.69, 9.17) is 14.3 Å². The molecule has 0 bridgehead atoms. The first-order valence-corrected chi connectivity index (χ1v) is 9.04. The molecule has 0 saturated heterocycles. The number of carbonyl (C=O) groups is 1. The number of nitrogens with one attached hydrogen (secondary N) is 1. The maximum absolute atomic E-state index is 11.8. The van der Waals surface area contributed by atoms with E-state index in [0.717, 1.165) is 23.2 Å². The van der Waals surface area contributed by atoms with Crippen molar-refractivity contribution in [3.8, 4) is 11.5 Å². The molecule has 1 amide bonds. The van der Waals surface area contributed by atoms with Gasteiger partial charge in [-0.15, -0.1) is 0 Å². The summed E-state index contributed by atoms with van der Waals surface area (Å²) in [7, 11) is 0. The van der Waals surface area contributed by atoms with Gasteiger partial charge in [-0.1, -0.05) is 29.8 Å². The third-order valence-corrected chi connectivity index (χ3v) is 3.54. The van der Waals surface area contributed by atoms with Crippen LogP contribution in [0.2, 0.25) is 0 Å². The Morgan fingerprint density at radius 3 is 2.56 bits per heavy atom. The van der Waals surface area contributed by atoms with Crippen molar-refractivity contribution in [2.45, 2.75) is 27.2 Å². The molecular formula is C21H26N2O4. The number of hydrogen-bond acceptors (Lipinski definition) is 5. The Morgan fingerprint density at radius 1 is 1.07 bits per heavy atom. The first kappa shape index (κ1) is 20.3. The van der Waals surface area contributed by atoms with E-state index in [1.807, 2.05) is 63.2 Å². The molecule has 0 heterocycles. The molecule has 6 nitrogen and oxygen atoms in total. The van der Waals surface area contributed by atoms with Gasteiger partial charge in [-0.2, -0.15) is 0 Å². The zero-order valence-electron chi connectivity index (χ0n) is 16.0. The molecule has 1 N–H and O–H groups in total. The number of ether oxygens (including phenoxy) is 2. The predicted molar refractivity (Wildman–Crippen MR) is 107 cm³/mol. The largest absolute Gasteiger partial charge is 0.490 e. The number of nitrogens with zero attached hydrogens (tertiary/aromatic N) is 1. The standard InChI is InChI=1S/C21H26N2O4/c1-4-12-26-19-11-8-17(13-20(19)25-5-2)14-22-27-15-21(24)23-18-9-6-16(3)7-10-18/h6-11,13-14H,4-5,12,15H2,1-3H3,(H,23,24)/b22-14+. The van der Waals surface area contributed by atoms with E-state index in [0.29, 0.717) is 24.7 Å². The van der Waals surface area contributed by atoms with E-state index in [2.05, 4.69) is 10.5 Å². The van der Waals surface area contributed by atoms with Gasteiger partial charge in [0, 0.05) is 11.3 Å². The fourth-order valence-corrected chi connectivity index (χ4v) is 2.23. The molecule has 27 heavy (non-hydrogen) atoms. The lowest BCUT2D eigenvalue weighted by Crippen LogP contribution is -2.16. The molecule has 0 aliphatic heterocycles. The van der Waals surface area contributed by atoms with Crippen LogP contribution in [0.25, 0.3) is 0 Å². The van der Waals surface area contributed by atoms with Crippen molar-refractivity contribution in [1.29, 1.82) is 0 Å². The monoisotopic (exact) mass is 370 g/mol. The Labute approximate surface area is 160 Å². The van der Waals surface area contributed by atoms with Crippen LogP contribution in [0.4, 0.5) is 5.69 Å². The van der Waals surface area contributed by atoms with Gasteiger partial charge in [-0.05, 0) is 50.6 Å². The van der Waals surface area contributed by atoms with Crippen molar-refractivity contribution >= 4 is 17.8 Å². The molecule has 2 aromatic rings. The van der Waals surface area contributed by atoms with Crippen molar-refractivity contribution in [3.63, 3.8) is 0 Å². The fraction of sp³-hybridized carbons (Fsp3) is 0.333. The van der Waals surface area contributed by atoms with Crippen LogP contribution < -0.4 is 14.8 Å². The fourth-order valence-electron chi connectivity index (χ4n) is 2.23. The number of anilines is 1. The highest BCUT2D eigenvalue weighted by Crippen LogP contribution is 2.28. The molecule has 0 aliphatic carbocycles. The average molecular weight is 370 g/mol. The summed E-state index contributed by atoms with van der Waals surface area (Å²) in [6.07, 6.45) is 2.46. The topological polar surface area (TPSA) is 69.2 Å². The van der Waals surface area contributed by atoms with Crippen molar-refractivity contribution < 1.29 is 19.1 Å². The maximum Gasteiger partial charge on any atom is 0.265 e. The Hall–Kier alpha value is -3.02. The lowest BCUT2D eigenvalue weighted by molar-refractivity contribution is -0.120. The van der Waals surface area contributed by atoms with E-state index < -0.39 is 0 Å². The van der Waals surface area contributed by atoms with Crippen LogP contribution in [0, 0.1) is 6.92 Å². The van der Waals surface area contributed by atoms with Crippen molar-refractivity contribution in [1.82, 2.24) is 0 Å². The van der Waals surface area contributed by atoms with Gasteiger partial charge in [0.15, 0.2) is 18.1 Å². The summed E-state index contributed by atoms with van der Waals surface area (Å²) in [5, 5.41) is 6.59. The maximum atomic E-state index is 11.8. The van der Waals surface area contributed by atoms with Gasteiger partial charge < -0.3 is 19.6 Å². The molecule has 0 fully saturated rings. The van der Waals surface area contributed by atoms with Crippen LogP contribution in [-0.2, 0) is 9.63 Å². The SMILES string of the molecule is CCCOc1ccc(/C=N/OCC(=O)Nc2ccc(C)cc2)cc1OCC. The molecule has 0 atom stereocenters. The minimum absolute atomic E-state index is 0.166. The number of benzene rings is 2. The van der Waals surface area contributed by atoms with Crippen molar-refractivity contribution in [3.05, 3.63) is 53.6 Å². The second-order valence-electron chi connectivity index (χ2n) is 5.91. The van der Waals surface area contributed by atoms with E-state index >= 15 is 0 Å². The first-order chi connectivity index (χ1) is 13.1. The molecule has 0 aromatic heterocycles. The van der Waals surface area contributed by atoms with E-state index in [1.54, 1.807) is 0 Å². The Bertz CT molecular complexity index is 757. The van der Waals surface area contributed by atoms with E-state index in [1.165, 1.54) is 6.21 Å². The molecule has 6 heteroatoms. The van der Waals surface area contributed by atoms with Gasteiger partial charge in [0.05, 0.1) is 19.4 Å². The van der Waals surface area contributed by atoms with Crippen LogP contribution in [0.15, 0.2) is 47.6 Å². The third-order valence-electron chi connectivity index (χ3n) is 3.54. The number of aryl methyl sites for hydroxylation is 1. The Kier molecular flexibility index (Phi) is 8.16. The van der Waals surface area contributed by atoms with Gasteiger partial charge >= 0.3 is 0 Å². The minimum Gasteiger partial charge on any atom is -0.490 e. The molecule has 144 valence electrons. The van der Waals surface area contributed by atoms with Crippen molar-refractivity contribution in [2.75, 3.05) is 25.1 Å². The van der Waals surface area contributed by atoms with Gasteiger partial charge in [-0.25, -0.2) is 0 Å².